The summed E-state index contributed by atoms with van der Waals surface area (Å²) >= 11 is 0. The van der Waals surface area contributed by atoms with Crippen LogP contribution in [0.5, 0.6) is 0 Å². The van der Waals surface area contributed by atoms with Crippen LogP contribution >= 0.6 is 7.82 Å². The second kappa shape index (κ2) is 41.1. The van der Waals surface area contributed by atoms with Crippen LogP contribution in [0.3, 0.4) is 0 Å². The van der Waals surface area contributed by atoms with Crippen molar-refractivity contribution in [3.63, 3.8) is 0 Å². The summed E-state index contributed by atoms with van der Waals surface area (Å²) in [6, 6.07) is 0. The molecule has 0 aromatic carbocycles. The second-order valence-electron chi connectivity index (χ2n) is 17.9. The highest BCUT2D eigenvalue weighted by molar-refractivity contribution is 7.47. The average molecular weight is 845 g/mol. The summed E-state index contributed by atoms with van der Waals surface area (Å²) in [7, 11) is 1.48. The van der Waals surface area contributed by atoms with Gasteiger partial charge in [0, 0.05) is 12.8 Å². The van der Waals surface area contributed by atoms with Crippen LogP contribution < -0.4 is 0 Å². The van der Waals surface area contributed by atoms with Crippen LogP contribution in [0, 0.1) is 0 Å². The van der Waals surface area contributed by atoms with Crippen LogP contribution in [-0.4, -0.2) is 74.9 Å². The molecule has 0 aliphatic rings. The monoisotopic (exact) mass is 845 g/mol. The van der Waals surface area contributed by atoms with Crippen LogP contribution in [0.4, 0.5) is 0 Å². The zero-order valence-electron chi connectivity index (χ0n) is 38.8. The third-order valence-electron chi connectivity index (χ3n) is 10.8. The molecule has 58 heavy (non-hydrogen) atoms. The first kappa shape index (κ1) is 56.8. The molecule has 1 N–H and O–H groups in total. The minimum atomic E-state index is -4.37. The smallest absolute Gasteiger partial charge is 0.462 e. The van der Waals surface area contributed by atoms with Gasteiger partial charge in [-0.25, -0.2) is 4.57 Å². The lowest BCUT2D eigenvalue weighted by Crippen LogP contribution is -2.37. The van der Waals surface area contributed by atoms with Crippen molar-refractivity contribution in [2.24, 2.45) is 0 Å². The number of unbranched alkanes of at least 4 members (excludes halogenated alkanes) is 29. The predicted molar refractivity (Wildman–Crippen MR) is 243 cm³/mol. The molecule has 0 fully saturated rings. The predicted octanol–water partition coefficient (Wildman–Crippen LogP) is 14.1. The van der Waals surface area contributed by atoms with Crippen LogP contribution in [-0.2, 0) is 32.7 Å². The SMILES string of the molecule is CCCCCCCCC/C=C\CCCCCCCC(=O)O[C@H](COC(=O)CCCCCCCCCCCCCCCCCCCC)COP(=O)(O)OCC[N+](C)(C)C. The Labute approximate surface area is 358 Å². The maximum absolute atomic E-state index is 12.7. The lowest BCUT2D eigenvalue weighted by molar-refractivity contribution is -0.870. The molecule has 10 heteroatoms. The van der Waals surface area contributed by atoms with Gasteiger partial charge in [0.2, 0.25) is 0 Å². The van der Waals surface area contributed by atoms with E-state index in [-0.39, 0.29) is 25.6 Å². The van der Waals surface area contributed by atoms with Gasteiger partial charge >= 0.3 is 19.8 Å². The zero-order valence-corrected chi connectivity index (χ0v) is 39.7. The lowest BCUT2D eigenvalue weighted by Gasteiger charge is -2.24. The third kappa shape index (κ3) is 44.3. The third-order valence-corrected chi connectivity index (χ3v) is 11.8. The molecule has 0 saturated heterocycles. The number of esters is 2. The molecule has 0 aromatic heterocycles. The number of carbonyl (C=O) groups is 2. The number of hydrogen-bond donors (Lipinski definition) is 1. The highest BCUT2D eigenvalue weighted by Crippen LogP contribution is 2.43. The van der Waals surface area contributed by atoms with E-state index in [2.05, 4.69) is 26.0 Å². The number of rotatable bonds is 45. The van der Waals surface area contributed by atoms with Crippen molar-refractivity contribution in [1.82, 2.24) is 0 Å². The Morgan fingerprint density at radius 2 is 0.879 bits per heavy atom. The normalized spacial score (nSPS) is 13.6. The molecule has 0 saturated carbocycles. The fraction of sp³-hybridized carbons (Fsp3) is 0.917. The largest absolute Gasteiger partial charge is 0.472 e. The van der Waals surface area contributed by atoms with Gasteiger partial charge in [-0.2, -0.15) is 0 Å². The van der Waals surface area contributed by atoms with Crippen molar-refractivity contribution in [2.45, 2.75) is 238 Å². The van der Waals surface area contributed by atoms with E-state index in [4.69, 9.17) is 18.5 Å². The molecule has 344 valence electrons. The van der Waals surface area contributed by atoms with Crippen molar-refractivity contribution >= 4 is 19.8 Å². The van der Waals surface area contributed by atoms with Gasteiger partial charge in [0.15, 0.2) is 6.10 Å². The summed E-state index contributed by atoms with van der Waals surface area (Å²) in [5.74, 6) is -0.795. The minimum absolute atomic E-state index is 0.0334. The Hall–Kier alpha value is -1.25. The van der Waals surface area contributed by atoms with E-state index in [1.807, 2.05) is 21.1 Å². The maximum atomic E-state index is 12.7. The first-order chi connectivity index (χ1) is 28.0. The molecule has 1 unspecified atom stereocenters. The van der Waals surface area contributed by atoms with Crippen LogP contribution in [0.25, 0.3) is 0 Å². The number of allylic oxidation sites excluding steroid dienone is 2. The molecule has 0 aliphatic carbocycles. The molecule has 0 amide bonds. The highest BCUT2D eigenvalue weighted by atomic mass is 31.2. The van der Waals surface area contributed by atoms with E-state index in [1.165, 1.54) is 148 Å². The fourth-order valence-electron chi connectivity index (χ4n) is 6.95. The van der Waals surface area contributed by atoms with Gasteiger partial charge in [0.25, 0.3) is 0 Å². The quantitative estimate of drug-likeness (QED) is 0.0212. The molecule has 0 aliphatic heterocycles. The average Bonchev–Trinajstić information content (AvgIpc) is 3.17. The van der Waals surface area contributed by atoms with Crippen LogP contribution in [0.2, 0.25) is 0 Å². The Kier molecular flexibility index (Phi) is 40.2. The number of ether oxygens (including phenoxy) is 2. The van der Waals surface area contributed by atoms with Crippen LogP contribution in [0.1, 0.15) is 232 Å². The molecule has 0 rings (SSSR count). The van der Waals surface area contributed by atoms with E-state index in [1.54, 1.807) is 0 Å². The van der Waals surface area contributed by atoms with E-state index in [9.17, 15) is 19.0 Å². The molecule has 0 radical (unpaired) electrons. The molecule has 2 atom stereocenters. The molecule has 9 nitrogen and oxygen atoms in total. The summed E-state index contributed by atoms with van der Waals surface area (Å²) in [5.41, 5.74) is 0. The number of phosphoric ester groups is 1. The van der Waals surface area contributed by atoms with Gasteiger partial charge < -0.3 is 18.9 Å². The van der Waals surface area contributed by atoms with E-state index >= 15 is 0 Å². The lowest BCUT2D eigenvalue weighted by atomic mass is 10.0. The number of likely N-dealkylation sites (N-methyl/N-ethyl adjacent to an activating group) is 1. The van der Waals surface area contributed by atoms with Gasteiger partial charge in [-0.1, -0.05) is 193 Å². The van der Waals surface area contributed by atoms with Crippen molar-refractivity contribution in [2.75, 3.05) is 47.5 Å². The van der Waals surface area contributed by atoms with Crippen molar-refractivity contribution < 1.29 is 42.1 Å². The number of phosphoric acid groups is 1. The fourth-order valence-corrected chi connectivity index (χ4v) is 7.69. The summed E-state index contributed by atoms with van der Waals surface area (Å²) in [5, 5.41) is 0. The number of carbonyl (C=O) groups excluding carboxylic acids is 2. The van der Waals surface area contributed by atoms with Crippen LogP contribution in [0.15, 0.2) is 12.2 Å². The summed E-state index contributed by atoms with van der Waals surface area (Å²) in [4.78, 5) is 35.5. The molecular formula is C48H95NO8P+. The number of hydrogen-bond acceptors (Lipinski definition) is 7. The molecule has 0 aromatic rings. The summed E-state index contributed by atoms with van der Waals surface area (Å²) < 4.78 is 34.4. The topological polar surface area (TPSA) is 108 Å². The first-order valence-corrected chi connectivity index (χ1v) is 25.9. The van der Waals surface area contributed by atoms with Crippen molar-refractivity contribution in [3.05, 3.63) is 12.2 Å². The standard InChI is InChI=1S/C48H94NO8P/c1-6-8-10-12-14-16-18-20-22-24-25-27-28-30-32-34-36-38-40-47(50)54-44-46(45-56-58(52,53)55-43-42-49(3,4)5)57-48(51)41-39-37-35-33-31-29-26-23-21-19-17-15-13-11-9-7-2/h23,26,46H,6-22,24-25,27-45H2,1-5H3/p+1/b26-23-/t46-/m1/s1. The van der Waals surface area contributed by atoms with Gasteiger partial charge in [-0.05, 0) is 38.5 Å². The van der Waals surface area contributed by atoms with Gasteiger partial charge in [0.05, 0.1) is 27.7 Å². The molecule has 0 heterocycles. The molecule has 0 bridgehead atoms. The zero-order chi connectivity index (χ0) is 42.8. The number of nitrogens with zero attached hydrogens (tertiary/aromatic N) is 1. The molecular weight excluding hydrogens is 750 g/mol. The minimum Gasteiger partial charge on any atom is -0.462 e. The summed E-state index contributed by atoms with van der Waals surface area (Å²) in [6.07, 6.45) is 44.0. The Bertz CT molecular complexity index is 1000. The highest BCUT2D eigenvalue weighted by Gasteiger charge is 2.27. The Morgan fingerprint density at radius 3 is 1.28 bits per heavy atom. The Balaban J connectivity index is 4.26. The Morgan fingerprint density at radius 1 is 0.517 bits per heavy atom. The maximum Gasteiger partial charge on any atom is 0.472 e. The molecule has 0 spiro atoms. The van der Waals surface area contributed by atoms with E-state index in [0.29, 0.717) is 23.9 Å². The van der Waals surface area contributed by atoms with Gasteiger partial charge in [0.1, 0.15) is 19.8 Å². The van der Waals surface area contributed by atoms with Crippen molar-refractivity contribution in [3.8, 4) is 0 Å². The van der Waals surface area contributed by atoms with E-state index < -0.39 is 26.5 Å². The first-order valence-electron chi connectivity index (χ1n) is 24.4. The van der Waals surface area contributed by atoms with Gasteiger partial charge in [-0.15, -0.1) is 0 Å². The van der Waals surface area contributed by atoms with Gasteiger partial charge in [-0.3, -0.25) is 18.6 Å². The van der Waals surface area contributed by atoms with Crippen molar-refractivity contribution in [1.29, 1.82) is 0 Å². The summed E-state index contributed by atoms with van der Waals surface area (Å²) in [6.45, 7) is 4.45. The number of quaternary nitrogens is 1. The van der Waals surface area contributed by atoms with E-state index in [0.717, 1.165) is 51.4 Å². The second-order valence-corrected chi connectivity index (χ2v) is 19.3.